The summed E-state index contributed by atoms with van der Waals surface area (Å²) in [4.78, 5) is 25.7. The molecule has 4 rings (SSSR count). The quantitative estimate of drug-likeness (QED) is 0.433. The van der Waals surface area contributed by atoms with Gasteiger partial charge < -0.3 is 34.6 Å². The Morgan fingerprint density at radius 3 is 2.19 bits per heavy atom. The van der Waals surface area contributed by atoms with Gasteiger partial charge in [-0.15, -0.1) is 0 Å². The van der Waals surface area contributed by atoms with Gasteiger partial charge in [-0.25, -0.2) is 14.8 Å². The molecular formula is C25H31N7O4. The number of likely N-dealkylation sites (N-methyl/N-ethyl adjacent to an activating group) is 1. The zero-order valence-corrected chi connectivity index (χ0v) is 20.9. The molecule has 0 aliphatic carbocycles. The van der Waals surface area contributed by atoms with E-state index in [1.165, 1.54) is 27.7 Å². The highest BCUT2D eigenvalue weighted by Crippen LogP contribution is 2.40. The van der Waals surface area contributed by atoms with Crippen LogP contribution in [-0.2, 0) is 0 Å². The number of aromatic nitrogens is 2. The van der Waals surface area contributed by atoms with Crippen LogP contribution < -0.4 is 35.1 Å². The molecule has 1 aromatic heterocycles. The third-order valence-corrected chi connectivity index (χ3v) is 5.82. The van der Waals surface area contributed by atoms with Crippen molar-refractivity contribution in [1.82, 2.24) is 14.9 Å². The summed E-state index contributed by atoms with van der Waals surface area (Å²) in [6.07, 6.45) is 1.39. The van der Waals surface area contributed by atoms with E-state index < -0.39 is 6.03 Å². The zero-order valence-electron chi connectivity index (χ0n) is 20.9. The van der Waals surface area contributed by atoms with Crippen molar-refractivity contribution in [2.24, 2.45) is 0 Å². The topological polar surface area (TPSA) is 113 Å². The molecule has 36 heavy (non-hydrogen) atoms. The highest BCUT2D eigenvalue weighted by molar-refractivity contribution is 5.99. The van der Waals surface area contributed by atoms with Crippen LogP contribution in [0.3, 0.4) is 0 Å². The van der Waals surface area contributed by atoms with E-state index in [1.54, 1.807) is 18.2 Å². The van der Waals surface area contributed by atoms with Crippen LogP contribution in [0, 0.1) is 0 Å². The summed E-state index contributed by atoms with van der Waals surface area (Å²) in [6, 6.07) is 12.7. The Bertz CT molecular complexity index is 1170. The largest absolute Gasteiger partial charge is 0.493 e. The van der Waals surface area contributed by atoms with E-state index in [0.29, 0.717) is 34.6 Å². The molecule has 3 N–H and O–H groups in total. The number of hydrogen-bond donors (Lipinski definition) is 3. The molecule has 2 amide bonds. The lowest BCUT2D eigenvalue weighted by molar-refractivity contribution is 0.262. The average molecular weight is 494 g/mol. The highest BCUT2D eigenvalue weighted by atomic mass is 16.5. The van der Waals surface area contributed by atoms with E-state index in [9.17, 15) is 4.79 Å². The molecular weight excluding hydrogens is 462 g/mol. The number of benzene rings is 2. The summed E-state index contributed by atoms with van der Waals surface area (Å²) in [6.45, 7) is 4.05. The fourth-order valence-corrected chi connectivity index (χ4v) is 3.92. The van der Waals surface area contributed by atoms with Gasteiger partial charge >= 0.3 is 6.03 Å². The molecule has 2 aromatic carbocycles. The molecule has 1 aliphatic rings. The average Bonchev–Trinajstić information content (AvgIpc) is 2.88. The molecule has 190 valence electrons. The smallest absolute Gasteiger partial charge is 0.324 e. The third kappa shape index (κ3) is 6.05. The summed E-state index contributed by atoms with van der Waals surface area (Å²) in [7, 11) is 6.68. The maximum absolute atomic E-state index is 12.6. The van der Waals surface area contributed by atoms with Crippen molar-refractivity contribution in [3.8, 4) is 17.2 Å². The van der Waals surface area contributed by atoms with E-state index in [0.717, 1.165) is 37.6 Å². The number of hydrogen-bond acceptors (Lipinski definition) is 9. The molecule has 0 saturated carbocycles. The van der Waals surface area contributed by atoms with Crippen molar-refractivity contribution < 1.29 is 19.0 Å². The minimum atomic E-state index is -0.481. The lowest BCUT2D eigenvalue weighted by atomic mass is 10.2. The van der Waals surface area contributed by atoms with Crippen LogP contribution in [-0.4, -0.2) is 75.5 Å². The van der Waals surface area contributed by atoms with Gasteiger partial charge in [0.25, 0.3) is 0 Å². The van der Waals surface area contributed by atoms with Crippen LogP contribution in [0.2, 0.25) is 0 Å². The Morgan fingerprint density at radius 1 is 0.833 bits per heavy atom. The molecule has 1 aliphatic heterocycles. The van der Waals surface area contributed by atoms with Crippen molar-refractivity contribution in [3.05, 3.63) is 48.8 Å². The van der Waals surface area contributed by atoms with Gasteiger partial charge in [-0.3, -0.25) is 5.32 Å². The number of urea groups is 1. The van der Waals surface area contributed by atoms with Gasteiger partial charge in [0, 0.05) is 55.8 Å². The maximum atomic E-state index is 12.6. The van der Waals surface area contributed by atoms with Gasteiger partial charge in [0.1, 0.15) is 18.0 Å². The molecule has 0 spiro atoms. The number of anilines is 5. The Kier molecular flexibility index (Phi) is 7.91. The normalized spacial score (nSPS) is 13.6. The fourth-order valence-electron chi connectivity index (χ4n) is 3.92. The van der Waals surface area contributed by atoms with Gasteiger partial charge in [-0.1, -0.05) is 6.07 Å². The van der Waals surface area contributed by atoms with Crippen LogP contribution in [0.5, 0.6) is 17.2 Å². The first-order chi connectivity index (χ1) is 17.5. The first kappa shape index (κ1) is 24.9. The van der Waals surface area contributed by atoms with Gasteiger partial charge in [0.05, 0.1) is 27.0 Å². The zero-order chi connectivity index (χ0) is 25.5. The molecule has 0 unspecified atom stereocenters. The summed E-state index contributed by atoms with van der Waals surface area (Å²) in [5.74, 6) is 2.20. The van der Waals surface area contributed by atoms with Crippen molar-refractivity contribution in [2.75, 3.05) is 75.4 Å². The minimum Gasteiger partial charge on any atom is -0.493 e. The molecule has 0 bridgehead atoms. The molecule has 0 atom stereocenters. The van der Waals surface area contributed by atoms with Crippen LogP contribution in [0.15, 0.2) is 48.8 Å². The summed E-state index contributed by atoms with van der Waals surface area (Å²) in [5.41, 5.74) is 2.53. The number of piperazine rings is 1. The maximum Gasteiger partial charge on any atom is 0.324 e. The van der Waals surface area contributed by atoms with E-state index >= 15 is 0 Å². The Hall–Kier alpha value is -4.25. The van der Waals surface area contributed by atoms with Gasteiger partial charge in [-0.05, 0) is 25.2 Å². The number of amides is 2. The van der Waals surface area contributed by atoms with Gasteiger partial charge in [0.15, 0.2) is 11.5 Å². The van der Waals surface area contributed by atoms with E-state index in [-0.39, 0.29) is 0 Å². The molecule has 2 heterocycles. The van der Waals surface area contributed by atoms with Crippen molar-refractivity contribution in [1.29, 1.82) is 0 Å². The van der Waals surface area contributed by atoms with Crippen molar-refractivity contribution >= 4 is 34.7 Å². The fraction of sp³-hybridized carbons (Fsp3) is 0.320. The van der Waals surface area contributed by atoms with E-state index in [4.69, 9.17) is 14.2 Å². The van der Waals surface area contributed by atoms with Crippen LogP contribution in [0.1, 0.15) is 0 Å². The highest BCUT2D eigenvalue weighted by Gasteiger charge is 2.16. The first-order valence-corrected chi connectivity index (χ1v) is 11.5. The van der Waals surface area contributed by atoms with Crippen molar-refractivity contribution in [2.45, 2.75) is 0 Å². The number of methoxy groups -OCH3 is 3. The molecule has 11 heteroatoms. The molecule has 1 fully saturated rings. The summed E-state index contributed by atoms with van der Waals surface area (Å²) >= 11 is 0. The standard InChI is InChI=1S/C25H31N7O4/c1-31-8-10-32(11-9-31)19-7-5-6-17(12-19)28-22-15-23(27-16-26-22)30-25(33)29-18-13-20(34-2)24(36-4)21(14-18)35-3/h5-7,12-16H,8-11H2,1-4H3,(H3,26,27,28,29,30,33). The molecule has 3 aromatic rings. The van der Waals surface area contributed by atoms with E-state index in [2.05, 4.69) is 54.9 Å². The monoisotopic (exact) mass is 493 g/mol. The number of nitrogens with zero attached hydrogens (tertiary/aromatic N) is 4. The van der Waals surface area contributed by atoms with Crippen LogP contribution in [0.25, 0.3) is 0 Å². The SMILES string of the molecule is COc1cc(NC(=O)Nc2cc(Nc3cccc(N4CCN(C)CC4)c3)ncn2)cc(OC)c1OC. The Balaban J connectivity index is 1.41. The minimum absolute atomic E-state index is 0.340. The van der Waals surface area contributed by atoms with Crippen molar-refractivity contribution in [3.63, 3.8) is 0 Å². The second-order valence-electron chi connectivity index (χ2n) is 8.25. The summed E-state index contributed by atoms with van der Waals surface area (Å²) in [5, 5.41) is 8.76. The van der Waals surface area contributed by atoms with Gasteiger partial charge in [-0.2, -0.15) is 0 Å². The Labute approximate surface area is 210 Å². The van der Waals surface area contributed by atoms with Crippen LogP contribution >= 0.6 is 0 Å². The Morgan fingerprint density at radius 2 is 1.53 bits per heavy atom. The van der Waals surface area contributed by atoms with Crippen LogP contribution in [0.4, 0.5) is 33.5 Å². The first-order valence-electron chi connectivity index (χ1n) is 11.5. The summed E-state index contributed by atoms with van der Waals surface area (Å²) < 4.78 is 16.0. The number of ether oxygens (including phenoxy) is 3. The predicted octanol–water partition coefficient (Wildman–Crippen LogP) is 3.64. The third-order valence-electron chi connectivity index (χ3n) is 5.82. The lowest BCUT2D eigenvalue weighted by Gasteiger charge is -2.34. The van der Waals surface area contributed by atoms with E-state index in [1.807, 2.05) is 12.1 Å². The van der Waals surface area contributed by atoms with Gasteiger partial charge in [0.2, 0.25) is 5.75 Å². The molecule has 0 radical (unpaired) electrons. The predicted molar refractivity (Wildman–Crippen MR) is 140 cm³/mol. The number of carbonyl (C=O) groups excluding carboxylic acids is 1. The lowest BCUT2D eigenvalue weighted by Crippen LogP contribution is -2.44. The number of carbonyl (C=O) groups is 1. The second-order valence-corrected chi connectivity index (χ2v) is 8.25. The second kappa shape index (κ2) is 11.5. The number of rotatable bonds is 8. The number of nitrogens with one attached hydrogen (secondary N) is 3. The molecule has 11 nitrogen and oxygen atoms in total. The molecule has 1 saturated heterocycles.